The van der Waals surface area contributed by atoms with Gasteiger partial charge in [0.2, 0.25) is 0 Å². The lowest BCUT2D eigenvalue weighted by molar-refractivity contribution is 0.0256. The summed E-state index contributed by atoms with van der Waals surface area (Å²) in [6.45, 7) is 7.36. The Morgan fingerprint density at radius 2 is 1.85 bits per heavy atom. The van der Waals surface area contributed by atoms with Gasteiger partial charge in [-0.1, -0.05) is 12.2 Å². The summed E-state index contributed by atoms with van der Waals surface area (Å²) in [5.41, 5.74) is -0.406. The molecule has 2 aliphatic rings. The number of ether oxygens (including phenoxy) is 1. The Morgan fingerprint density at radius 3 is 2.50 bits per heavy atom. The average molecular weight is 280 g/mol. The molecule has 0 aromatic heterocycles. The molecule has 1 aliphatic carbocycles. The van der Waals surface area contributed by atoms with Crippen molar-refractivity contribution in [2.45, 2.75) is 70.6 Å². The van der Waals surface area contributed by atoms with Crippen LogP contribution >= 0.6 is 0 Å². The lowest BCUT2D eigenvalue weighted by Gasteiger charge is -2.26. The van der Waals surface area contributed by atoms with Crippen LogP contribution in [0.5, 0.6) is 0 Å². The number of nitrogens with zero attached hydrogens (tertiary/aromatic N) is 1. The minimum Gasteiger partial charge on any atom is -0.444 e. The lowest BCUT2D eigenvalue weighted by atomic mass is 10.1. The van der Waals surface area contributed by atoms with Crippen molar-refractivity contribution < 1.29 is 9.53 Å². The molecule has 1 fully saturated rings. The fraction of sp³-hybridized carbons (Fsp3) is 0.812. The van der Waals surface area contributed by atoms with Gasteiger partial charge in [-0.25, -0.2) is 4.79 Å². The topological polar surface area (TPSA) is 41.6 Å². The number of amides is 1. The van der Waals surface area contributed by atoms with Crippen LogP contribution in [-0.2, 0) is 4.74 Å². The Hall–Kier alpha value is -1.03. The second-order valence-electron chi connectivity index (χ2n) is 6.90. The fourth-order valence-corrected chi connectivity index (χ4v) is 2.86. The van der Waals surface area contributed by atoms with Crippen LogP contribution in [0.15, 0.2) is 12.2 Å². The summed E-state index contributed by atoms with van der Waals surface area (Å²) < 4.78 is 5.46. The Balaban J connectivity index is 1.78. The smallest absolute Gasteiger partial charge is 0.410 e. The van der Waals surface area contributed by atoms with Crippen molar-refractivity contribution in [1.82, 2.24) is 10.2 Å². The van der Waals surface area contributed by atoms with Gasteiger partial charge in [-0.2, -0.15) is 0 Å². The van der Waals surface area contributed by atoms with Gasteiger partial charge in [-0.3, -0.25) is 0 Å². The Labute approximate surface area is 122 Å². The van der Waals surface area contributed by atoms with Gasteiger partial charge in [0.25, 0.3) is 0 Å². The largest absolute Gasteiger partial charge is 0.444 e. The van der Waals surface area contributed by atoms with Crippen LogP contribution in [-0.4, -0.2) is 41.8 Å². The zero-order valence-corrected chi connectivity index (χ0v) is 13.0. The van der Waals surface area contributed by atoms with Crippen molar-refractivity contribution in [2.24, 2.45) is 0 Å². The summed E-state index contributed by atoms with van der Waals surface area (Å²) in [4.78, 5) is 14.0. The zero-order valence-electron chi connectivity index (χ0n) is 13.0. The molecule has 1 heterocycles. The zero-order chi connectivity index (χ0) is 14.6. The van der Waals surface area contributed by atoms with E-state index in [1.165, 1.54) is 0 Å². The van der Waals surface area contributed by atoms with E-state index >= 15 is 0 Å². The van der Waals surface area contributed by atoms with Gasteiger partial charge in [0.15, 0.2) is 0 Å². The third kappa shape index (κ3) is 4.82. The van der Waals surface area contributed by atoms with Crippen molar-refractivity contribution >= 4 is 6.09 Å². The number of carbonyl (C=O) groups excluding carboxylic acids is 1. The Bertz CT molecular complexity index is 352. The molecule has 4 heteroatoms. The third-order valence-electron chi connectivity index (χ3n) is 3.86. The van der Waals surface area contributed by atoms with Crippen molar-refractivity contribution in [2.75, 3.05) is 13.1 Å². The summed E-state index contributed by atoms with van der Waals surface area (Å²) in [7, 11) is 0. The number of hydrogen-bond donors (Lipinski definition) is 1. The predicted molar refractivity (Wildman–Crippen MR) is 80.7 cm³/mol. The van der Waals surface area contributed by atoms with Crippen LogP contribution < -0.4 is 5.32 Å². The van der Waals surface area contributed by atoms with Crippen LogP contribution in [0, 0.1) is 0 Å². The molecule has 1 N–H and O–H groups in total. The molecule has 20 heavy (non-hydrogen) atoms. The number of hydrogen-bond acceptors (Lipinski definition) is 3. The highest BCUT2D eigenvalue weighted by atomic mass is 16.6. The second-order valence-corrected chi connectivity index (χ2v) is 6.90. The molecular formula is C16H28N2O2. The van der Waals surface area contributed by atoms with Crippen LogP contribution in [0.3, 0.4) is 0 Å². The molecule has 0 radical (unpaired) electrons. The molecule has 0 bridgehead atoms. The molecule has 0 saturated carbocycles. The summed E-state index contributed by atoms with van der Waals surface area (Å²) in [5, 5.41) is 3.72. The standard InChI is InChI=1S/C16H28N2O2/c1-16(2,3)20-15(19)18-11-6-9-14(10-12-18)17-13-7-4-5-8-13/h4-5,13-14,17H,6-12H2,1-3H3/t14-/m0/s1. The molecule has 0 aromatic rings. The molecule has 2 rings (SSSR count). The fourth-order valence-electron chi connectivity index (χ4n) is 2.86. The van der Waals surface area contributed by atoms with Crippen molar-refractivity contribution in [3.8, 4) is 0 Å². The molecule has 0 unspecified atom stereocenters. The molecule has 0 spiro atoms. The highest BCUT2D eigenvalue weighted by Gasteiger charge is 2.26. The van der Waals surface area contributed by atoms with E-state index < -0.39 is 5.60 Å². The maximum absolute atomic E-state index is 12.1. The third-order valence-corrected chi connectivity index (χ3v) is 3.86. The van der Waals surface area contributed by atoms with E-state index in [4.69, 9.17) is 4.74 Å². The normalized spacial score (nSPS) is 24.8. The monoisotopic (exact) mass is 280 g/mol. The van der Waals surface area contributed by atoms with Crippen molar-refractivity contribution in [1.29, 1.82) is 0 Å². The molecule has 1 saturated heterocycles. The van der Waals surface area contributed by atoms with E-state index in [9.17, 15) is 4.79 Å². The van der Waals surface area contributed by atoms with E-state index in [1.54, 1.807) is 0 Å². The van der Waals surface area contributed by atoms with E-state index in [-0.39, 0.29) is 6.09 Å². The first-order valence-electron chi connectivity index (χ1n) is 7.83. The van der Waals surface area contributed by atoms with E-state index in [2.05, 4.69) is 17.5 Å². The number of nitrogens with one attached hydrogen (secondary N) is 1. The van der Waals surface area contributed by atoms with Gasteiger partial charge in [-0.05, 0) is 52.9 Å². The Kier molecular flexibility index (Phi) is 5.08. The van der Waals surface area contributed by atoms with Gasteiger partial charge >= 0.3 is 6.09 Å². The van der Waals surface area contributed by atoms with Crippen LogP contribution in [0.4, 0.5) is 4.79 Å². The van der Waals surface area contributed by atoms with Crippen LogP contribution in [0.25, 0.3) is 0 Å². The summed E-state index contributed by atoms with van der Waals surface area (Å²) in [6.07, 6.45) is 9.85. The molecule has 1 amide bonds. The van der Waals surface area contributed by atoms with E-state index in [0.717, 1.165) is 45.2 Å². The van der Waals surface area contributed by atoms with Gasteiger partial charge in [0, 0.05) is 25.2 Å². The number of carbonyl (C=O) groups is 1. The molecular weight excluding hydrogens is 252 g/mol. The first-order valence-corrected chi connectivity index (χ1v) is 7.83. The summed E-state index contributed by atoms with van der Waals surface area (Å²) in [5.74, 6) is 0. The second kappa shape index (κ2) is 6.61. The summed E-state index contributed by atoms with van der Waals surface area (Å²) in [6, 6.07) is 1.14. The predicted octanol–water partition coefficient (Wildman–Crippen LogP) is 3.08. The van der Waals surface area contributed by atoms with Crippen LogP contribution in [0.2, 0.25) is 0 Å². The minimum atomic E-state index is -0.406. The van der Waals surface area contributed by atoms with Gasteiger partial charge in [0.1, 0.15) is 5.60 Å². The van der Waals surface area contributed by atoms with Crippen LogP contribution in [0.1, 0.15) is 52.9 Å². The molecule has 0 aromatic carbocycles. The highest BCUT2D eigenvalue weighted by Crippen LogP contribution is 2.18. The summed E-state index contributed by atoms with van der Waals surface area (Å²) >= 11 is 0. The average Bonchev–Trinajstić information content (AvgIpc) is 2.72. The molecule has 1 atom stereocenters. The van der Waals surface area contributed by atoms with Gasteiger partial charge in [-0.15, -0.1) is 0 Å². The number of rotatable bonds is 2. The number of likely N-dealkylation sites (tertiary alicyclic amines) is 1. The minimum absolute atomic E-state index is 0.166. The van der Waals surface area contributed by atoms with Gasteiger partial charge < -0.3 is 15.0 Å². The molecule has 114 valence electrons. The lowest BCUT2D eigenvalue weighted by Crippen LogP contribution is -2.39. The van der Waals surface area contributed by atoms with Crippen molar-refractivity contribution in [3.05, 3.63) is 12.2 Å². The SMILES string of the molecule is CC(C)(C)OC(=O)N1CCC[C@H](NC2CC=CC2)CC1. The Morgan fingerprint density at radius 1 is 1.15 bits per heavy atom. The van der Waals surface area contributed by atoms with Crippen molar-refractivity contribution in [3.63, 3.8) is 0 Å². The highest BCUT2D eigenvalue weighted by molar-refractivity contribution is 5.68. The quantitative estimate of drug-likeness (QED) is 0.790. The van der Waals surface area contributed by atoms with Gasteiger partial charge in [0.05, 0.1) is 0 Å². The first kappa shape index (κ1) is 15.4. The first-order chi connectivity index (χ1) is 9.44. The van der Waals surface area contributed by atoms with E-state index in [0.29, 0.717) is 12.1 Å². The van der Waals surface area contributed by atoms with E-state index in [1.807, 2.05) is 25.7 Å². The molecule has 1 aliphatic heterocycles. The maximum Gasteiger partial charge on any atom is 0.410 e. The molecule has 4 nitrogen and oxygen atoms in total. The maximum atomic E-state index is 12.1.